The van der Waals surface area contributed by atoms with E-state index in [-0.39, 0.29) is 0 Å². The van der Waals surface area contributed by atoms with Crippen LogP contribution >= 0.6 is 11.6 Å². The molecule has 0 amide bonds. The van der Waals surface area contributed by atoms with Crippen LogP contribution in [0.5, 0.6) is 5.75 Å². The van der Waals surface area contributed by atoms with E-state index in [1.807, 2.05) is 30.6 Å². The summed E-state index contributed by atoms with van der Waals surface area (Å²) in [7, 11) is 1.65. The van der Waals surface area contributed by atoms with Gasteiger partial charge in [0.15, 0.2) is 0 Å². The quantitative estimate of drug-likeness (QED) is 0.941. The number of rotatable bonds is 4. The molecule has 4 nitrogen and oxygen atoms in total. The highest BCUT2D eigenvalue weighted by molar-refractivity contribution is 6.31. The molecule has 22 heavy (non-hydrogen) atoms. The number of aromatic nitrogens is 1. The molecule has 2 heterocycles. The lowest BCUT2D eigenvalue weighted by molar-refractivity contribution is 0.153. The van der Waals surface area contributed by atoms with Gasteiger partial charge in [-0.25, -0.2) is 0 Å². The minimum atomic E-state index is 0.343. The predicted molar refractivity (Wildman–Crippen MR) is 88.3 cm³/mol. The molecule has 1 aliphatic rings. The van der Waals surface area contributed by atoms with Gasteiger partial charge >= 0.3 is 0 Å². The first-order valence-electron chi connectivity index (χ1n) is 7.45. The van der Waals surface area contributed by atoms with Gasteiger partial charge in [-0.3, -0.25) is 9.88 Å². The summed E-state index contributed by atoms with van der Waals surface area (Å²) in [6.07, 6.45) is 3.70. The van der Waals surface area contributed by atoms with Crippen molar-refractivity contribution >= 4 is 11.6 Å². The molecule has 1 aromatic heterocycles. The van der Waals surface area contributed by atoms with Crippen molar-refractivity contribution in [2.45, 2.75) is 12.6 Å². The van der Waals surface area contributed by atoms with Gasteiger partial charge in [0.25, 0.3) is 0 Å². The SMILES string of the molecule is COc1ccc(CN2CCNCC2c2ccncc2)c(Cl)c1. The topological polar surface area (TPSA) is 37.4 Å². The Morgan fingerprint density at radius 1 is 1.32 bits per heavy atom. The van der Waals surface area contributed by atoms with Gasteiger partial charge < -0.3 is 10.1 Å². The molecule has 1 aromatic carbocycles. The number of methoxy groups -OCH3 is 1. The van der Waals surface area contributed by atoms with Gasteiger partial charge in [-0.2, -0.15) is 0 Å². The molecule has 2 aromatic rings. The van der Waals surface area contributed by atoms with Gasteiger partial charge in [0.2, 0.25) is 0 Å². The second kappa shape index (κ2) is 7.09. The zero-order valence-electron chi connectivity index (χ0n) is 12.6. The molecule has 0 radical (unpaired) electrons. The molecule has 3 rings (SSSR count). The van der Waals surface area contributed by atoms with E-state index in [1.54, 1.807) is 7.11 Å². The molecule has 1 aliphatic heterocycles. The smallest absolute Gasteiger partial charge is 0.120 e. The van der Waals surface area contributed by atoms with E-state index in [1.165, 1.54) is 5.56 Å². The number of halogens is 1. The molecule has 1 N–H and O–H groups in total. The van der Waals surface area contributed by atoms with Crippen molar-refractivity contribution in [3.05, 3.63) is 58.9 Å². The molecule has 116 valence electrons. The fraction of sp³-hybridized carbons (Fsp3) is 0.353. The van der Waals surface area contributed by atoms with Gasteiger partial charge in [0.1, 0.15) is 5.75 Å². The van der Waals surface area contributed by atoms with Gasteiger partial charge in [-0.15, -0.1) is 0 Å². The van der Waals surface area contributed by atoms with Crippen LogP contribution in [0.1, 0.15) is 17.2 Å². The summed E-state index contributed by atoms with van der Waals surface area (Å²) >= 11 is 6.39. The van der Waals surface area contributed by atoms with Crippen molar-refractivity contribution in [1.82, 2.24) is 15.2 Å². The Morgan fingerprint density at radius 2 is 2.14 bits per heavy atom. The van der Waals surface area contributed by atoms with Crippen LogP contribution in [-0.4, -0.2) is 36.6 Å². The third-order valence-corrected chi connectivity index (χ3v) is 4.43. The number of hydrogen-bond donors (Lipinski definition) is 1. The lowest BCUT2D eigenvalue weighted by atomic mass is 10.0. The first-order valence-corrected chi connectivity index (χ1v) is 7.83. The number of piperazine rings is 1. The third-order valence-electron chi connectivity index (χ3n) is 4.08. The molecular weight excluding hydrogens is 298 g/mol. The highest BCUT2D eigenvalue weighted by Gasteiger charge is 2.24. The molecule has 1 unspecified atom stereocenters. The second-order valence-corrected chi connectivity index (χ2v) is 5.84. The van der Waals surface area contributed by atoms with E-state index in [0.29, 0.717) is 6.04 Å². The number of benzene rings is 1. The van der Waals surface area contributed by atoms with E-state index < -0.39 is 0 Å². The van der Waals surface area contributed by atoms with Crippen LogP contribution in [0.15, 0.2) is 42.7 Å². The van der Waals surface area contributed by atoms with E-state index in [9.17, 15) is 0 Å². The Labute approximate surface area is 136 Å². The molecule has 0 bridgehead atoms. The maximum absolute atomic E-state index is 6.39. The van der Waals surface area contributed by atoms with Crippen LogP contribution in [0.4, 0.5) is 0 Å². The molecule has 1 saturated heterocycles. The average Bonchev–Trinajstić information content (AvgIpc) is 2.58. The highest BCUT2D eigenvalue weighted by Crippen LogP contribution is 2.28. The fourth-order valence-electron chi connectivity index (χ4n) is 2.85. The first kappa shape index (κ1) is 15.3. The number of pyridine rings is 1. The van der Waals surface area contributed by atoms with Crippen LogP contribution in [0.3, 0.4) is 0 Å². The lowest BCUT2D eigenvalue weighted by Gasteiger charge is -2.36. The van der Waals surface area contributed by atoms with Crippen LogP contribution in [0.2, 0.25) is 5.02 Å². The van der Waals surface area contributed by atoms with E-state index in [2.05, 4.69) is 27.3 Å². The molecule has 5 heteroatoms. The fourth-order valence-corrected chi connectivity index (χ4v) is 3.08. The Hall–Kier alpha value is -1.62. The first-order chi connectivity index (χ1) is 10.8. The maximum Gasteiger partial charge on any atom is 0.120 e. The van der Waals surface area contributed by atoms with Crippen molar-refractivity contribution in [3.8, 4) is 5.75 Å². The molecule has 0 aliphatic carbocycles. The molecule has 1 fully saturated rings. The highest BCUT2D eigenvalue weighted by atomic mass is 35.5. The standard InChI is InChI=1S/C17H20ClN3O/c1-22-15-3-2-14(16(18)10-15)12-21-9-8-20-11-17(21)13-4-6-19-7-5-13/h2-7,10,17,20H,8-9,11-12H2,1H3. The predicted octanol–water partition coefficient (Wildman–Crippen LogP) is 2.89. The molecule has 1 atom stereocenters. The number of nitrogens with one attached hydrogen (secondary N) is 1. The summed E-state index contributed by atoms with van der Waals surface area (Å²) in [6, 6.07) is 10.4. The van der Waals surface area contributed by atoms with Crippen molar-refractivity contribution < 1.29 is 4.74 Å². The van der Waals surface area contributed by atoms with E-state index in [0.717, 1.165) is 42.5 Å². The van der Waals surface area contributed by atoms with Crippen LogP contribution < -0.4 is 10.1 Å². The minimum Gasteiger partial charge on any atom is -0.497 e. The average molecular weight is 318 g/mol. The zero-order valence-corrected chi connectivity index (χ0v) is 13.4. The Kier molecular flexibility index (Phi) is 4.93. The van der Waals surface area contributed by atoms with E-state index in [4.69, 9.17) is 16.3 Å². The number of ether oxygens (including phenoxy) is 1. The summed E-state index contributed by atoms with van der Waals surface area (Å²) in [5.41, 5.74) is 2.41. The largest absolute Gasteiger partial charge is 0.497 e. The normalized spacial score (nSPS) is 19.1. The van der Waals surface area contributed by atoms with Gasteiger partial charge in [0, 0.05) is 49.6 Å². The Bertz CT molecular complexity index is 621. The van der Waals surface area contributed by atoms with Crippen LogP contribution in [0.25, 0.3) is 0 Å². The third kappa shape index (κ3) is 3.40. The summed E-state index contributed by atoms with van der Waals surface area (Å²) in [5, 5.41) is 4.22. The van der Waals surface area contributed by atoms with Crippen molar-refractivity contribution in [1.29, 1.82) is 0 Å². The summed E-state index contributed by atoms with van der Waals surface area (Å²) in [6.45, 7) is 3.76. The lowest BCUT2D eigenvalue weighted by Crippen LogP contribution is -2.45. The number of nitrogens with zero attached hydrogens (tertiary/aromatic N) is 2. The van der Waals surface area contributed by atoms with Crippen molar-refractivity contribution in [2.24, 2.45) is 0 Å². The minimum absolute atomic E-state index is 0.343. The van der Waals surface area contributed by atoms with Crippen molar-refractivity contribution in [2.75, 3.05) is 26.7 Å². The second-order valence-electron chi connectivity index (χ2n) is 5.43. The zero-order chi connectivity index (χ0) is 15.4. The van der Waals surface area contributed by atoms with Crippen LogP contribution in [0, 0.1) is 0 Å². The van der Waals surface area contributed by atoms with Gasteiger partial charge in [-0.05, 0) is 35.4 Å². The maximum atomic E-state index is 6.39. The summed E-state index contributed by atoms with van der Waals surface area (Å²) in [4.78, 5) is 6.57. The molecule has 0 spiro atoms. The monoisotopic (exact) mass is 317 g/mol. The van der Waals surface area contributed by atoms with Crippen LogP contribution in [-0.2, 0) is 6.54 Å². The van der Waals surface area contributed by atoms with Crippen molar-refractivity contribution in [3.63, 3.8) is 0 Å². The summed E-state index contributed by atoms with van der Waals surface area (Å²) < 4.78 is 5.22. The van der Waals surface area contributed by atoms with Gasteiger partial charge in [0.05, 0.1) is 7.11 Å². The Balaban J connectivity index is 1.80. The molecule has 0 saturated carbocycles. The number of hydrogen-bond acceptors (Lipinski definition) is 4. The van der Waals surface area contributed by atoms with E-state index >= 15 is 0 Å². The Morgan fingerprint density at radius 3 is 2.86 bits per heavy atom. The van der Waals surface area contributed by atoms with Gasteiger partial charge in [-0.1, -0.05) is 17.7 Å². The molecular formula is C17H20ClN3O. The summed E-state index contributed by atoms with van der Waals surface area (Å²) in [5.74, 6) is 0.791.